The van der Waals surface area contributed by atoms with Gasteiger partial charge in [0.1, 0.15) is 0 Å². The smallest absolute Gasteiger partial charge is 0.0954 e. The van der Waals surface area contributed by atoms with Gasteiger partial charge in [0.15, 0.2) is 0 Å². The van der Waals surface area contributed by atoms with E-state index in [1.807, 2.05) is 36.6 Å². The predicted octanol–water partition coefficient (Wildman–Crippen LogP) is 3.15. The maximum absolute atomic E-state index is 10.3. The van der Waals surface area contributed by atoms with E-state index in [4.69, 9.17) is 0 Å². The first-order chi connectivity index (χ1) is 9.72. The number of hydrogen-bond donors (Lipinski definition) is 1. The maximum Gasteiger partial charge on any atom is 0.0954 e. The third kappa shape index (κ3) is 2.86. The van der Waals surface area contributed by atoms with Gasteiger partial charge in [0.25, 0.3) is 0 Å². The molecule has 2 aromatic heterocycles. The van der Waals surface area contributed by atoms with Crippen molar-refractivity contribution in [2.75, 3.05) is 0 Å². The van der Waals surface area contributed by atoms with E-state index < -0.39 is 6.10 Å². The molecule has 0 saturated carbocycles. The first-order valence-electron chi connectivity index (χ1n) is 6.64. The van der Waals surface area contributed by atoms with Gasteiger partial charge in [-0.2, -0.15) is 0 Å². The van der Waals surface area contributed by atoms with Crippen molar-refractivity contribution in [1.29, 1.82) is 0 Å². The predicted molar refractivity (Wildman–Crippen MR) is 82.0 cm³/mol. The molecule has 1 unspecified atom stereocenters. The zero-order chi connectivity index (χ0) is 13.9. The van der Waals surface area contributed by atoms with Crippen molar-refractivity contribution in [2.45, 2.75) is 25.9 Å². The minimum atomic E-state index is -0.411. The normalized spacial score (nSPS) is 12.7. The Morgan fingerprint density at radius 3 is 2.85 bits per heavy atom. The van der Waals surface area contributed by atoms with Crippen LogP contribution in [0.4, 0.5) is 0 Å². The molecule has 0 aliphatic carbocycles. The highest BCUT2D eigenvalue weighted by atomic mass is 32.1. The lowest BCUT2D eigenvalue weighted by atomic mass is 10.0. The number of aromatic nitrogens is 2. The maximum atomic E-state index is 10.3. The van der Waals surface area contributed by atoms with Crippen LogP contribution in [0.25, 0.3) is 10.9 Å². The number of aliphatic hydroxyl groups excluding tert-OH is 1. The van der Waals surface area contributed by atoms with E-state index in [1.54, 1.807) is 17.5 Å². The molecule has 0 amide bonds. The second-order valence-electron chi connectivity index (χ2n) is 4.93. The van der Waals surface area contributed by atoms with Crippen LogP contribution in [0.5, 0.6) is 0 Å². The summed E-state index contributed by atoms with van der Waals surface area (Å²) < 4.78 is 0. The van der Waals surface area contributed by atoms with Crippen LogP contribution in [0.3, 0.4) is 0 Å². The molecular formula is C16H16N2OS. The van der Waals surface area contributed by atoms with Crippen LogP contribution in [-0.4, -0.2) is 21.2 Å². The number of hydrogen-bond acceptors (Lipinski definition) is 4. The Hall–Kier alpha value is -1.78. The third-order valence-corrected chi connectivity index (χ3v) is 4.26. The van der Waals surface area contributed by atoms with Crippen molar-refractivity contribution in [3.8, 4) is 0 Å². The van der Waals surface area contributed by atoms with E-state index in [-0.39, 0.29) is 0 Å². The molecule has 1 atom stereocenters. The van der Waals surface area contributed by atoms with Gasteiger partial charge in [-0.05, 0) is 31.0 Å². The summed E-state index contributed by atoms with van der Waals surface area (Å²) in [5, 5.41) is 14.4. The number of pyridine rings is 1. The summed E-state index contributed by atoms with van der Waals surface area (Å²) in [7, 11) is 0. The standard InChI is InChI=1S/C16H16N2OS/c1-11-10-20-16(18-11)9-13(19)8-12-6-7-17-15-5-3-2-4-14(12)15/h2-7,10,13,19H,8-9H2,1H3. The zero-order valence-electron chi connectivity index (χ0n) is 11.3. The van der Waals surface area contributed by atoms with E-state index in [0.717, 1.165) is 27.2 Å². The Morgan fingerprint density at radius 1 is 1.20 bits per heavy atom. The molecule has 0 saturated heterocycles. The number of para-hydroxylation sites is 1. The summed E-state index contributed by atoms with van der Waals surface area (Å²) >= 11 is 1.61. The lowest BCUT2D eigenvalue weighted by Gasteiger charge is -2.11. The van der Waals surface area contributed by atoms with Gasteiger partial charge >= 0.3 is 0 Å². The van der Waals surface area contributed by atoms with Crippen LogP contribution in [-0.2, 0) is 12.8 Å². The van der Waals surface area contributed by atoms with Crippen molar-refractivity contribution in [3.05, 3.63) is 58.2 Å². The van der Waals surface area contributed by atoms with Crippen LogP contribution in [0.15, 0.2) is 41.9 Å². The molecule has 3 rings (SSSR count). The van der Waals surface area contributed by atoms with E-state index in [9.17, 15) is 5.11 Å². The third-order valence-electron chi connectivity index (χ3n) is 3.27. The Balaban J connectivity index is 1.79. The first-order valence-corrected chi connectivity index (χ1v) is 7.52. The van der Waals surface area contributed by atoms with E-state index in [2.05, 4.69) is 16.0 Å². The molecule has 0 aliphatic heterocycles. The number of aliphatic hydroxyl groups is 1. The topological polar surface area (TPSA) is 46.0 Å². The van der Waals surface area contributed by atoms with E-state index in [0.29, 0.717) is 12.8 Å². The molecule has 1 N–H and O–H groups in total. The molecule has 20 heavy (non-hydrogen) atoms. The molecule has 102 valence electrons. The fourth-order valence-electron chi connectivity index (χ4n) is 2.36. The Kier molecular flexibility index (Phi) is 3.76. The minimum Gasteiger partial charge on any atom is -0.392 e. The van der Waals surface area contributed by atoms with Crippen LogP contribution in [0, 0.1) is 6.92 Å². The van der Waals surface area contributed by atoms with Gasteiger partial charge < -0.3 is 5.11 Å². The molecule has 1 aromatic carbocycles. The first kappa shape index (κ1) is 13.2. The van der Waals surface area contributed by atoms with Crippen LogP contribution in [0.1, 0.15) is 16.3 Å². The van der Waals surface area contributed by atoms with E-state index >= 15 is 0 Å². The van der Waals surface area contributed by atoms with Crippen molar-refractivity contribution in [1.82, 2.24) is 9.97 Å². The lowest BCUT2D eigenvalue weighted by Crippen LogP contribution is -2.14. The summed E-state index contributed by atoms with van der Waals surface area (Å²) in [6.07, 6.45) is 2.63. The molecule has 0 spiro atoms. The largest absolute Gasteiger partial charge is 0.392 e. The Labute approximate surface area is 122 Å². The molecule has 2 heterocycles. The molecule has 0 fully saturated rings. The van der Waals surface area contributed by atoms with Gasteiger partial charge in [0, 0.05) is 29.1 Å². The number of nitrogens with zero attached hydrogens (tertiary/aromatic N) is 2. The number of aryl methyl sites for hydroxylation is 1. The highest BCUT2D eigenvalue weighted by Crippen LogP contribution is 2.19. The van der Waals surface area contributed by atoms with Crippen LogP contribution < -0.4 is 0 Å². The van der Waals surface area contributed by atoms with Gasteiger partial charge in [0.2, 0.25) is 0 Å². The quantitative estimate of drug-likeness (QED) is 0.800. The SMILES string of the molecule is Cc1csc(CC(O)Cc2ccnc3ccccc23)n1. The summed E-state index contributed by atoms with van der Waals surface area (Å²) in [6, 6.07) is 10.0. The van der Waals surface area contributed by atoms with E-state index in [1.165, 1.54) is 0 Å². The Morgan fingerprint density at radius 2 is 2.05 bits per heavy atom. The summed E-state index contributed by atoms with van der Waals surface area (Å²) in [4.78, 5) is 8.75. The van der Waals surface area contributed by atoms with Gasteiger partial charge in [-0.15, -0.1) is 11.3 Å². The molecule has 3 nitrogen and oxygen atoms in total. The average Bonchev–Trinajstić information content (AvgIpc) is 2.84. The highest BCUT2D eigenvalue weighted by molar-refractivity contribution is 7.09. The molecule has 4 heteroatoms. The monoisotopic (exact) mass is 284 g/mol. The van der Waals surface area contributed by atoms with Gasteiger partial charge in [-0.25, -0.2) is 4.98 Å². The van der Waals surface area contributed by atoms with Crippen molar-refractivity contribution in [2.24, 2.45) is 0 Å². The second kappa shape index (κ2) is 5.69. The molecule has 0 radical (unpaired) electrons. The van der Waals surface area contributed by atoms with Gasteiger partial charge in [0.05, 0.1) is 16.6 Å². The minimum absolute atomic E-state index is 0.411. The number of fused-ring (bicyclic) bond motifs is 1. The number of benzene rings is 1. The van der Waals surface area contributed by atoms with Crippen molar-refractivity contribution in [3.63, 3.8) is 0 Å². The molecule has 3 aromatic rings. The van der Waals surface area contributed by atoms with Gasteiger partial charge in [-0.1, -0.05) is 18.2 Å². The summed E-state index contributed by atoms with van der Waals surface area (Å²) in [5.41, 5.74) is 3.13. The second-order valence-corrected chi connectivity index (χ2v) is 5.87. The number of thiazole rings is 1. The number of rotatable bonds is 4. The highest BCUT2D eigenvalue weighted by Gasteiger charge is 2.11. The van der Waals surface area contributed by atoms with Gasteiger partial charge in [-0.3, -0.25) is 4.98 Å². The summed E-state index contributed by atoms with van der Waals surface area (Å²) in [5.74, 6) is 0. The molecule has 0 aliphatic rings. The summed E-state index contributed by atoms with van der Waals surface area (Å²) in [6.45, 7) is 1.97. The zero-order valence-corrected chi connectivity index (χ0v) is 12.1. The lowest BCUT2D eigenvalue weighted by molar-refractivity contribution is 0.175. The fraction of sp³-hybridized carbons (Fsp3) is 0.250. The average molecular weight is 284 g/mol. The van der Waals surface area contributed by atoms with Crippen LogP contribution in [0.2, 0.25) is 0 Å². The Bertz CT molecular complexity index is 718. The van der Waals surface area contributed by atoms with Crippen LogP contribution >= 0.6 is 11.3 Å². The fourth-order valence-corrected chi connectivity index (χ4v) is 3.20. The molecular weight excluding hydrogens is 268 g/mol. The van der Waals surface area contributed by atoms with Crippen molar-refractivity contribution >= 4 is 22.2 Å². The molecule has 0 bridgehead atoms. The van der Waals surface area contributed by atoms with Crippen molar-refractivity contribution < 1.29 is 5.11 Å².